The number of para-hydroxylation sites is 2. The normalized spacial score (nSPS) is 11.9. The molecule has 0 atom stereocenters. The Morgan fingerprint density at radius 3 is 1.90 bits per heavy atom. The monoisotopic (exact) mass is 388 g/mol. The van der Waals surface area contributed by atoms with Crippen LogP contribution in [0.1, 0.15) is 13.8 Å². The third kappa shape index (κ3) is 2.25. The van der Waals surface area contributed by atoms with E-state index in [0.29, 0.717) is 0 Å². The predicted octanol–water partition coefficient (Wildman–Crippen LogP) is 7.61. The zero-order valence-corrected chi connectivity index (χ0v) is 17.4. The third-order valence-electron chi connectivity index (χ3n) is 6.51. The average molecular weight is 389 g/mol. The highest BCUT2D eigenvalue weighted by Crippen LogP contribution is 2.39. The van der Waals surface area contributed by atoms with E-state index in [9.17, 15) is 0 Å². The van der Waals surface area contributed by atoms with Crippen molar-refractivity contribution in [3.8, 4) is 11.1 Å². The summed E-state index contributed by atoms with van der Waals surface area (Å²) in [6, 6.07) is 31.2. The van der Waals surface area contributed by atoms with Gasteiger partial charge in [-0.15, -0.1) is 0 Å². The highest BCUT2D eigenvalue weighted by atomic mass is 15.0. The van der Waals surface area contributed by atoms with Crippen LogP contribution in [0.3, 0.4) is 0 Å². The fourth-order valence-corrected chi connectivity index (χ4v) is 5.24. The van der Waals surface area contributed by atoms with Crippen LogP contribution in [0.25, 0.3) is 54.7 Å². The molecule has 0 fully saturated rings. The SMILES string of the molecule is CCn1c2ccccc2c2ccc(-c3cccc4c3c3ccccc3n4CC)cc21. The maximum atomic E-state index is 2.43. The first kappa shape index (κ1) is 17.3. The number of benzene rings is 4. The number of nitrogens with zero attached hydrogens (tertiary/aromatic N) is 2. The Kier molecular flexibility index (Phi) is 3.76. The fourth-order valence-electron chi connectivity index (χ4n) is 5.24. The van der Waals surface area contributed by atoms with Gasteiger partial charge in [-0.3, -0.25) is 0 Å². The minimum absolute atomic E-state index is 0.965. The molecular formula is C28H24N2. The highest BCUT2D eigenvalue weighted by molar-refractivity contribution is 6.16. The smallest absolute Gasteiger partial charge is 0.0497 e. The first-order valence-electron chi connectivity index (χ1n) is 10.8. The molecular weight excluding hydrogens is 364 g/mol. The molecule has 146 valence electrons. The molecule has 30 heavy (non-hydrogen) atoms. The van der Waals surface area contributed by atoms with E-state index in [1.54, 1.807) is 0 Å². The number of aryl methyl sites for hydroxylation is 2. The van der Waals surface area contributed by atoms with Gasteiger partial charge in [-0.05, 0) is 49.2 Å². The van der Waals surface area contributed by atoms with E-state index in [1.807, 2.05) is 0 Å². The lowest BCUT2D eigenvalue weighted by Crippen LogP contribution is -1.93. The summed E-state index contributed by atoms with van der Waals surface area (Å²) in [6.07, 6.45) is 0. The second-order valence-electron chi connectivity index (χ2n) is 7.95. The number of hydrogen-bond donors (Lipinski definition) is 0. The Morgan fingerprint density at radius 2 is 1.13 bits per heavy atom. The van der Waals surface area contributed by atoms with E-state index in [0.717, 1.165) is 13.1 Å². The molecule has 2 aromatic heterocycles. The van der Waals surface area contributed by atoms with Crippen molar-refractivity contribution in [2.45, 2.75) is 26.9 Å². The van der Waals surface area contributed by atoms with Crippen molar-refractivity contribution in [3.63, 3.8) is 0 Å². The molecule has 2 heteroatoms. The van der Waals surface area contributed by atoms with Crippen LogP contribution in [0.2, 0.25) is 0 Å². The van der Waals surface area contributed by atoms with Crippen LogP contribution in [-0.4, -0.2) is 9.13 Å². The van der Waals surface area contributed by atoms with Gasteiger partial charge in [0.1, 0.15) is 0 Å². The van der Waals surface area contributed by atoms with E-state index < -0.39 is 0 Å². The van der Waals surface area contributed by atoms with E-state index in [-0.39, 0.29) is 0 Å². The van der Waals surface area contributed by atoms with Crippen molar-refractivity contribution in [1.82, 2.24) is 9.13 Å². The minimum atomic E-state index is 0.965. The maximum absolute atomic E-state index is 2.43. The fraction of sp³-hybridized carbons (Fsp3) is 0.143. The van der Waals surface area contributed by atoms with Gasteiger partial charge in [0.25, 0.3) is 0 Å². The Balaban J connectivity index is 1.71. The van der Waals surface area contributed by atoms with E-state index >= 15 is 0 Å². The van der Waals surface area contributed by atoms with E-state index in [2.05, 4.69) is 108 Å². The van der Waals surface area contributed by atoms with Crippen LogP contribution in [0.5, 0.6) is 0 Å². The molecule has 0 unspecified atom stereocenters. The molecule has 0 bridgehead atoms. The van der Waals surface area contributed by atoms with Gasteiger partial charge >= 0.3 is 0 Å². The molecule has 2 heterocycles. The van der Waals surface area contributed by atoms with Crippen LogP contribution < -0.4 is 0 Å². The average Bonchev–Trinajstić information content (AvgIpc) is 3.30. The third-order valence-corrected chi connectivity index (χ3v) is 6.51. The van der Waals surface area contributed by atoms with E-state index in [1.165, 1.54) is 54.7 Å². The van der Waals surface area contributed by atoms with E-state index in [4.69, 9.17) is 0 Å². The van der Waals surface area contributed by atoms with Crippen molar-refractivity contribution < 1.29 is 0 Å². The minimum Gasteiger partial charge on any atom is -0.341 e. The van der Waals surface area contributed by atoms with Crippen LogP contribution in [-0.2, 0) is 13.1 Å². The quantitative estimate of drug-likeness (QED) is 0.295. The van der Waals surface area contributed by atoms with Crippen molar-refractivity contribution in [2.75, 3.05) is 0 Å². The standard InChI is InChI=1S/C28H24N2/c1-3-29-25-14-8-6-11-23(25)28-20(12-9-15-26(28)29)19-16-17-22-21-10-5-7-13-24(21)30(4-2)27(22)18-19/h5-18H,3-4H2,1-2H3. The lowest BCUT2D eigenvalue weighted by atomic mass is 9.98. The summed E-state index contributed by atoms with van der Waals surface area (Å²) in [6.45, 7) is 6.39. The van der Waals surface area contributed by atoms with Crippen molar-refractivity contribution in [1.29, 1.82) is 0 Å². The molecule has 6 aromatic rings. The number of aromatic nitrogens is 2. The number of rotatable bonds is 3. The summed E-state index contributed by atoms with van der Waals surface area (Å²) >= 11 is 0. The lowest BCUT2D eigenvalue weighted by Gasteiger charge is -2.08. The topological polar surface area (TPSA) is 9.86 Å². The Bertz CT molecular complexity index is 1560. The number of fused-ring (bicyclic) bond motifs is 6. The maximum Gasteiger partial charge on any atom is 0.0497 e. The zero-order chi connectivity index (χ0) is 20.2. The van der Waals surface area contributed by atoms with Gasteiger partial charge in [-0.25, -0.2) is 0 Å². The molecule has 0 saturated heterocycles. The Morgan fingerprint density at radius 1 is 0.533 bits per heavy atom. The van der Waals surface area contributed by atoms with Crippen molar-refractivity contribution in [2.24, 2.45) is 0 Å². The summed E-state index contributed by atoms with van der Waals surface area (Å²) in [5.74, 6) is 0. The first-order valence-corrected chi connectivity index (χ1v) is 10.8. The molecule has 6 rings (SSSR count). The predicted molar refractivity (Wildman–Crippen MR) is 129 cm³/mol. The molecule has 0 amide bonds. The summed E-state index contributed by atoms with van der Waals surface area (Å²) in [4.78, 5) is 0. The molecule has 0 aliphatic heterocycles. The molecule has 0 radical (unpaired) electrons. The van der Waals surface area contributed by atoms with Crippen molar-refractivity contribution in [3.05, 3.63) is 84.9 Å². The summed E-state index contributed by atoms with van der Waals surface area (Å²) in [7, 11) is 0. The van der Waals surface area contributed by atoms with Gasteiger partial charge in [0.05, 0.1) is 0 Å². The first-order chi connectivity index (χ1) is 14.8. The summed E-state index contributed by atoms with van der Waals surface area (Å²) in [5, 5.41) is 5.36. The second-order valence-corrected chi connectivity index (χ2v) is 7.95. The zero-order valence-electron chi connectivity index (χ0n) is 17.4. The molecule has 4 aromatic carbocycles. The molecule has 2 nitrogen and oxygen atoms in total. The van der Waals surface area contributed by atoms with Crippen LogP contribution in [0, 0.1) is 0 Å². The van der Waals surface area contributed by atoms with Gasteiger partial charge in [-0.1, -0.05) is 60.7 Å². The molecule has 0 N–H and O–H groups in total. The molecule has 0 aliphatic rings. The van der Waals surface area contributed by atoms with Crippen LogP contribution in [0.4, 0.5) is 0 Å². The van der Waals surface area contributed by atoms with Gasteiger partial charge in [-0.2, -0.15) is 0 Å². The number of hydrogen-bond acceptors (Lipinski definition) is 0. The Hall–Kier alpha value is -3.52. The molecule has 0 aliphatic carbocycles. The molecule has 0 saturated carbocycles. The van der Waals surface area contributed by atoms with Crippen LogP contribution in [0.15, 0.2) is 84.9 Å². The highest BCUT2D eigenvalue weighted by Gasteiger charge is 2.15. The summed E-state index contributed by atoms with van der Waals surface area (Å²) in [5.41, 5.74) is 7.84. The van der Waals surface area contributed by atoms with Gasteiger partial charge in [0.2, 0.25) is 0 Å². The lowest BCUT2D eigenvalue weighted by molar-refractivity contribution is 0.827. The van der Waals surface area contributed by atoms with Gasteiger partial charge in [0, 0.05) is 56.7 Å². The largest absolute Gasteiger partial charge is 0.341 e. The second kappa shape index (κ2) is 6.50. The molecule has 0 spiro atoms. The Labute approximate surface area is 176 Å². The summed E-state index contributed by atoms with van der Waals surface area (Å²) < 4.78 is 4.86. The van der Waals surface area contributed by atoms with Crippen molar-refractivity contribution >= 4 is 43.6 Å². The van der Waals surface area contributed by atoms with Gasteiger partial charge in [0.15, 0.2) is 0 Å². The van der Waals surface area contributed by atoms with Gasteiger partial charge < -0.3 is 9.13 Å². The van der Waals surface area contributed by atoms with Crippen LogP contribution >= 0.6 is 0 Å².